The maximum Gasteiger partial charge on any atom is 0.239 e. The Labute approximate surface area is 120 Å². The molecular formula is C17H20N2O. The Morgan fingerprint density at radius 1 is 1.00 bits per heavy atom. The average Bonchev–Trinajstić information content (AvgIpc) is 2.52. The average molecular weight is 268 g/mol. The third-order valence-corrected chi connectivity index (χ3v) is 3.02. The zero-order chi connectivity index (χ0) is 14.2. The highest BCUT2D eigenvalue weighted by molar-refractivity contribution is 5.84. The number of carbonyl (C=O) groups excluding carboxylic acids is 1. The molecule has 2 N–H and O–H groups in total. The molecule has 0 aliphatic carbocycles. The van der Waals surface area contributed by atoms with Gasteiger partial charge in [-0.05, 0) is 18.1 Å². The summed E-state index contributed by atoms with van der Waals surface area (Å²) in [6.07, 6.45) is 0.951. The number of amides is 1. The number of rotatable bonds is 6. The molecule has 0 bridgehead atoms. The summed E-state index contributed by atoms with van der Waals surface area (Å²) < 4.78 is 0. The van der Waals surface area contributed by atoms with Gasteiger partial charge in [-0.25, -0.2) is 0 Å². The number of anilines is 1. The minimum atomic E-state index is 0.0229. The van der Waals surface area contributed by atoms with Gasteiger partial charge in [-0.1, -0.05) is 55.5 Å². The normalized spacial score (nSPS) is 10.1. The molecule has 0 saturated carbocycles. The van der Waals surface area contributed by atoms with Crippen LogP contribution in [0, 0.1) is 0 Å². The van der Waals surface area contributed by atoms with Crippen LogP contribution in [0.1, 0.15) is 13.3 Å². The molecule has 0 aromatic heterocycles. The van der Waals surface area contributed by atoms with Gasteiger partial charge in [0.25, 0.3) is 0 Å². The van der Waals surface area contributed by atoms with Crippen LogP contribution in [-0.2, 0) is 4.79 Å². The predicted octanol–water partition coefficient (Wildman–Crippen LogP) is 3.29. The van der Waals surface area contributed by atoms with E-state index in [1.54, 1.807) is 0 Å². The van der Waals surface area contributed by atoms with E-state index in [0.29, 0.717) is 6.54 Å². The van der Waals surface area contributed by atoms with Crippen LogP contribution in [-0.4, -0.2) is 19.0 Å². The first-order chi connectivity index (χ1) is 9.81. The second-order valence-electron chi connectivity index (χ2n) is 4.62. The van der Waals surface area contributed by atoms with Gasteiger partial charge in [0, 0.05) is 17.8 Å². The van der Waals surface area contributed by atoms with E-state index >= 15 is 0 Å². The summed E-state index contributed by atoms with van der Waals surface area (Å²) in [5, 5.41) is 6.07. The molecule has 20 heavy (non-hydrogen) atoms. The van der Waals surface area contributed by atoms with Gasteiger partial charge in [-0.3, -0.25) is 4.79 Å². The summed E-state index contributed by atoms with van der Waals surface area (Å²) in [5.41, 5.74) is 3.23. The van der Waals surface area contributed by atoms with Crippen molar-refractivity contribution >= 4 is 11.6 Å². The summed E-state index contributed by atoms with van der Waals surface area (Å²) in [4.78, 5) is 11.6. The minimum absolute atomic E-state index is 0.0229. The van der Waals surface area contributed by atoms with E-state index in [1.165, 1.54) is 0 Å². The summed E-state index contributed by atoms with van der Waals surface area (Å²) in [6, 6.07) is 18.2. The van der Waals surface area contributed by atoms with Crippen LogP contribution in [0.5, 0.6) is 0 Å². The number of carbonyl (C=O) groups is 1. The summed E-state index contributed by atoms with van der Waals surface area (Å²) in [5.74, 6) is 0.0229. The fourth-order valence-corrected chi connectivity index (χ4v) is 2.01. The van der Waals surface area contributed by atoms with Gasteiger partial charge in [-0.15, -0.1) is 0 Å². The SMILES string of the molecule is CCCNC(=O)CNc1ccccc1-c1ccccc1. The van der Waals surface area contributed by atoms with Gasteiger partial charge < -0.3 is 10.6 Å². The lowest BCUT2D eigenvalue weighted by Gasteiger charge is -2.12. The highest BCUT2D eigenvalue weighted by atomic mass is 16.1. The van der Waals surface area contributed by atoms with Gasteiger partial charge in [0.2, 0.25) is 5.91 Å². The molecule has 0 fully saturated rings. The zero-order valence-electron chi connectivity index (χ0n) is 11.7. The Bertz CT molecular complexity index is 552. The molecule has 2 aromatic carbocycles. The van der Waals surface area contributed by atoms with E-state index in [4.69, 9.17) is 0 Å². The van der Waals surface area contributed by atoms with E-state index in [9.17, 15) is 4.79 Å². The molecule has 0 spiro atoms. The van der Waals surface area contributed by atoms with Crippen LogP contribution in [0.4, 0.5) is 5.69 Å². The molecule has 2 rings (SSSR count). The molecule has 1 amide bonds. The third-order valence-electron chi connectivity index (χ3n) is 3.02. The Balaban J connectivity index is 2.07. The van der Waals surface area contributed by atoms with Crippen molar-refractivity contribution in [3.63, 3.8) is 0 Å². The standard InChI is InChI=1S/C17H20N2O/c1-2-12-18-17(20)13-19-16-11-7-6-10-15(16)14-8-4-3-5-9-14/h3-11,19H,2,12-13H2,1H3,(H,18,20). The number of hydrogen-bond donors (Lipinski definition) is 2. The minimum Gasteiger partial charge on any atom is -0.376 e. The lowest BCUT2D eigenvalue weighted by molar-refractivity contribution is -0.119. The second kappa shape index (κ2) is 7.34. The Hall–Kier alpha value is -2.29. The van der Waals surface area contributed by atoms with Crippen molar-refractivity contribution in [3.8, 4) is 11.1 Å². The third kappa shape index (κ3) is 3.85. The number of nitrogens with one attached hydrogen (secondary N) is 2. The fraction of sp³-hybridized carbons (Fsp3) is 0.235. The van der Waals surface area contributed by atoms with E-state index in [2.05, 4.69) is 28.8 Å². The molecule has 3 heteroatoms. The lowest BCUT2D eigenvalue weighted by atomic mass is 10.0. The molecule has 0 radical (unpaired) electrons. The largest absolute Gasteiger partial charge is 0.376 e. The number of benzene rings is 2. The molecule has 0 saturated heterocycles. The summed E-state index contributed by atoms with van der Waals surface area (Å²) in [6.45, 7) is 3.06. The van der Waals surface area contributed by atoms with Crippen molar-refractivity contribution in [2.45, 2.75) is 13.3 Å². The Morgan fingerprint density at radius 3 is 2.45 bits per heavy atom. The molecule has 3 nitrogen and oxygen atoms in total. The fourth-order valence-electron chi connectivity index (χ4n) is 2.01. The smallest absolute Gasteiger partial charge is 0.239 e. The van der Waals surface area contributed by atoms with Crippen LogP contribution in [0.15, 0.2) is 54.6 Å². The van der Waals surface area contributed by atoms with Gasteiger partial charge in [0.1, 0.15) is 0 Å². The van der Waals surface area contributed by atoms with Gasteiger partial charge in [-0.2, -0.15) is 0 Å². The molecular weight excluding hydrogens is 248 g/mol. The van der Waals surface area contributed by atoms with Crippen molar-refractivity contribution in [1.82, 2.24) is 5.32 Å². The van der Waals surface area contributed by atoms with Crippen LogP contribution in [0.2, 0.25) is 0 Å². The van der Waals surface area contributed by atoms with Crippen molar-refractivity contribution < 1.29 is 4.79 Å². The van der Waals surface area contributed by atoms with E-state index in [1.807, 2.05) is 43.3 Å². The van der Waals surface area contributed by atoms with Crippen molar-refractivity contribution in [2.75, 3.05) is 18.4 Å². The summed E-state index contributed by atoms with van der Waals surface area (Å²) in [7, 11) is 0. The van der Waals surface area contributed by atoms with Gasteiger partial charge in [0.05, 0.1) is 6.54 Å². The predicted molar refractivity (Wildman–Crippen MR) is 83.7 cm³/mol. The van der Waals surface area contributed by atoms with Crippen molar-refractivity contribution in [3.05, 3.63) is 54.6 Å². The van der Waals surface area contributed by atoms with Gasteiger partial charge >= 0.3 is 0 Å². The van der Waals surface area contributed by atoms with Crippen LogP contribution < -0.4 is 10.6 Å². The second-order valence-corrected chi connectivity index (χ2v) is 4.62. The maximum absolute atomic E-state index is 11.6. The quantitative estimate of drug-likeness (QED) is 0.844. The highest BCUT2D eigenvalue weighted by Crippen LogP contribution is 2.27. The molecule has 0 aliphatic heterocycles. The number of para-hydroxylation sites is 1. The molecule has 104 valence electrons. The van der Waals surface area contributed by atoms with E-state index < -0.39 is 0 Å². The monoisotopic (exact) mass is 268 g/mol. The zero-order valence-corrected chi connectivity index (χ0v) is 11.7. The molecule has 0 unspecified atom stereocenters. The molecule has 2 aromatic rings. The molecule has 0 aliphatic rings. The molecule has 0 heterocycles. The molecule has 0 atom stereocenters. The van der Waals surface area contributed by atoms with Crippen LogP contribution in [0.25, 0.3) is 11.1 Å². The lowest BCUT2D eigenvalue weighted by Crippen LogP contribution is -2.30. The van der Waals surface area contributed by atoms with Crippen molar-refractivity contribution in [2.24, 2.45) is 0 Å². The maximum atomic E-state index is 11.6. The first-order valence-electron chi connectivity index (χ1n) is 6.96. The first-order valence-corrected chi connectivity index (χ1v) is 6.96. The van der Waals surface area contributed by atoms with Crippen LogP contribution in [0.3, 0.4) is 0 Å². The van der Waals surface area contributed by atoms with Crippen LogP contribution >= 0.6 is 0 Å². The van der Waals surface area contributed by atoms with E-state index in [0.717, 1.165) is 29.8 Å². The Kier molecular flexibility index (Phi) is 5.18. The Morgan fingerprint density at radius 2 is 1.70 bits per heavy atom. The van der Waals surface area contributed by atoms with Gasteiger partial charge in [0.15, 0.2) is 0 Å². The first kappa shape index (κ1) is 14.1. The topological polar surface area (TPSA) is 41.1 Å². The number of hydrogen-bond acceptors (Lipinski definition) is 2. The van der Waals surface area contributed by atoms with E-state index in [-0.39, 0.29) is 5.91 Å². The van der Waals surface area contributed by atoms with Crippen molar-refractivity contribution in [1.29, 1.82) is 0 Å². The highest BCUT2D eigenvalue weighted by Gasteiger charge is 2.05. The summed E-state index contributed by atoms with van der Waals surface area (Å²) >= 11 is 0.